The summed E-state index contributed by atoms with van der Waals surface area (Å²) in [5, 5.41) is 23.0. The zero-order valence-electron chi connectivity index (χ0n) is 16.3. The van der Waals surface area contributed by atoms with Crippen molar-refractivity contribution in [1.29, 1.82) is 0 Å². The second-order valence-electron chi connectivity index (χ2n) is 7.77. The molecule has 2 aromatic rings. The number of benzene rings is 2. The van der Waals surface area contributed by atoms with E-state index < -0.39 is 22.5 Å². The molecule has 0 atom stereocenters. The molecule has 1 aliphatic rings. The van der Waals surface area contributed by atoms with Crippen LogP contribution in [0.4, 0.5) is 5.69 Å². The highest BCUT2D eigenvalue weighted by molar-refractivity contribution is 5.98. The van der Waals surface area contributed by atoms with Crippen LogP contribution in [0.1, 0.15) is 45.7 Å². The van der Waals surface area contributed by atoms with Crippen LogP contribution in [0.15, 0.2) is 42.5 Å². The normalized spacial score (nSPS) is 14.1. The second kappa shape index (κ2) is 8.00. The van der Waals surface area contributed by atoms with Crippen molar-refractivity contribution >= 4 is 17.6 Å². The van der Waals surface area contributed by atoms with Gasteiger partial charge >= 0.3 is 5.97 Å². The summed E-state index contributed by atoms with van der Waals surface area (Å²) in [6, 6.07) is 11.5. The maximum Gasteiger partial charge on any atom is 0.335 e. The van der Waals surface area contributed by atoms with Crippen molar-refractivity contribution in [3.8, 4) is 0 Å². The van der Waals surface area contributed by atoms with Gasteiger partial charge in [-0.1, -0.05) is 24.3 Å². The molecule has 0 unspecified atom stereocenters. The molecule has 0 aromatic heterocycles. The summed E-state index contributed by atoms with van der Waals surface area (Å²) in [6.45, 7) is 6.01. The van der Waals surface area contributed by atoms with Crippen molar-refractivity contribution in [2.24, 2.45) is 0 Å². The van der Waals surface area contributed by atoms with E-state index in [4.69, 9.17) is 5.11 Å². The molecule has 1 amide bonds. The first-order valence-electron chi connectivity index (χ1n) is 9.30. The molecule has 1 aliphatic heterocycles. The van der Waals surface area contributed by atoms with Crippen molar-refractivity contribution < 1.29 is 19.6 Å². The number of nitrogens with one attached hydrogen (secondary N) is 1. The smallest absolute Gasteiger partial charge is 0.335 e. The molecule has 2 aromatic carbocycles. The van der Waals surface area contributed by atoms with Crippen molar-refractivity contribution in [1.82, 2.24) is 10.2 Å². The number of carbonyl (C=O) groups is 2. The van der Waals surface area contributed by atoms with E-state index in [9.17, 15) is 19.7 Å². The van der Waals surface area contributed by atoms with Crippen LogP contribution in [0.25, 0.3) is 0 Å². The number of hydrogen-bond donors (Lipinski definition) is 2. The molecule has 152 valence electrons. The maximum atomic E-state index is 12.6. The molecule has 0 fully saturated rings. The lowest BCUT2D eigenvalue weighted by Gasteiger charge is -2.41. The Labute approximate surface area is 168 Å². The topological polar surface area (TPSA) is 113 Å². The Bertz CT molecular complexity index is 938. The largest absolute Gasteiger partial charge is 0.478 e. The van der Waals surface area contributed by atoms with Gasteiger partial charge in [-0.2, -0.15) is 0 Å². The summed E-state index contributed by atoms with van der Waals surface area (Å²) >= 11 is 0. The standard InChI is InChI=1S/C21H23N3O5/c1-21(2,23-8-7-14-5-3-4-6-15(14)12-23)13-22-19(25)16-9-17(20(26)27)11-18(10-16)24(28)29/h3-6,9-11H,7-8,12-13H2,1-2H3,(H,22,25)(H,26,27). The van der Waals surface area contributed by atoms with Gasteiger partial charge in [0, 0.05) is 42.9 Å². The van der Waals surface area contributed by atoms with Crippen LogP contribution in [0.3, 0.4) is 0 Å². The molecular weight excluding hydrogens is 374 g/mol. The fourth-order valence-electron chi connectivity index (χ4n) is 3.49. The number of hydrogen-bond acceptors (Lipinski definition) is 5. The van der Waals surface area contributed by atoms with Gasteiger partial charge in [0.15, 0.2) is 0 Å². The minimum atomic E-state index is -1.32. The van der Waals surface area contributed by atoms with E-state index in [0.717, 1.165) is 37.7 Å². The Morgan fingerprint density at radius 2 is 1.83 bits per heavy atom. The number of carboxylic acids is 1. The van der Waals surface area contributed by atoms with E-state index in [1.807, 2.05) is 26.0 Å². The highest BCUT2D eigenvalue weighted by Crippen LogP contribution is 2.25. The number of aromatic carboxylic acids is 1. The summed E-state index contributed by atoms with van der Waals surface area (Å²) in [5.41, 5.74) is 1.48. The molecular formula is C21H23N3O5. The maximum absolute atomic E-state index is 12.6. The number of nitro groups is 1. The number of amides is 1. The molecule has 0 radical (unpaired) electrons. The average Bonchev–Trinajstić information content (AvgIpc) is 2.71. The van der Waals surface area contributed by atoms with Gasteiger partial charge in [-0.25, -0.2) is 4.79 Å². The van der Waals surface area contributed by atoms with Gasteiger partial charge in [0.1, 0.15) is 0 Å². The molecule has 0 aliphatic carbocycles. The summed E-state index contributed by atoms with van der Waals surface area (Å²) in [7, 11) is 0. The number of carboxylic acid groups (broad SMARTS) is 1. The fourth-order valence-corrected chi connectivity index (χ4v) is 3.49. The van der Waals surface area contributed by atoms with Gasteiger partial charge in [-0.3, -0.25) is 19.8 Å². The average molecular weight is 397 g/mol. The zero-order valence-corrected chi connectivity index (χ0v) is 16.3. The fraction of sp³-hybridized carbons (Fsp3) is 0.333. The minimum Gasteiger partial charge on any atom is -0.478 e. The van der Waals surface area contributed by atoms with Gasteiger partial charge in [0.2, 0.25) is 0 Å². The molecule has 0 bridgehead atoms. The monoisotopic (exact) mass is 397 g/mol. The first-order chi connectivity index (χ1) is 13.7. The quantitative estimate of drug-likeness (QED) is 0.572. The van der Waals surface area contributed by atoms with Gasteiger partial charge in [0.25, 0.3) is 11.6 Å². The van der Waals surface area contributed by atoms with E-state index in [2.05, 4.69) is 22.3 Å². The number of nitrogens with zero attached hydrogens (tertiary/aromatic N) is 2. The third-order valence-electron chi connectivity index (χ3n) is 5.31. The highest BCUT2D eigenvalue weighted by atomic mass is 16.6. The summed E-state index contributed by atoms with van der Waals surface area (Å²) in [4.78, 5) is 36.4. The zero-order chi connectivity index (χ0) is 21.2. The van der Waals surface area contributed by atoms with Crippen molar-refractivity contribution in [2.75, 3.05) is 13.1 Å². The summed E-state index contributed by atoms with van der Waals surface area (Å²) in [5.74, 6) is -1.86. The van der Waals surface area contributed by atoms with Crippen LogP contribution >= 0.6 is 0 Å². The third-order valence-corrected chi connectivity index (χ3v) is 5.31. The Kier molecular flexibility index (Phi) is 5.65. The molecule has 8 heteroatoms. The van der Waals surface area contributed by atoms with E-state index in [-0.39, 0.29) is 16.7 Å². The predicted octanol–water partition coefficient (Wildman–Crippen LogP) is 2.86. The summed E-state index contributed by atoms with van der Waals surface area (Å²) < 4.78 is 0. The molecule has 0 spiro atoms. The van der Waals surface area contributed by atoms with Crippen LogP contribution in [0.2, 0.25) is 0 Å². The molecule has 0 saturated heterocycles. The molecule has 1 heterocycles. The lowest BCUT2D eigenvalue weighted by Crippen LogP contribution is -2.53. The lowest BCUT2D eigenvalue weighted by molar-refractivity contribution is -0.384. The van der Waals surface area contributed by atoms with Crippen LogP contribution in [0.5, 0.6) is 0 Å². The molecule has 29 heavy (non-hydrogen) atoms. The van der Waals surface area contributed by atoms with Gasteiger partial charge in [0.05, 0.1) is 10.5 Å². The Balaban J connectivity index is 1.71. The molecule has 2 N–H and O–H groups in total. The number of fused-ring (bicyclic) bond motifs is 1. The first kappa shape index (κ1) is 20.5. The second-order valence-corrected chi connectivity index (χ2v) is 7.77. The first-order valence-corrected chi connectivity index (χ1v) is 9.30. The van der Waals surface area contributed by atoms with E-state index in [1.165, 1.54) is 11.1 Å². The summed E-state index contributed by atoms with van der Waals surface area (Å²) in [6.07, 6.45) is 0.931. The third kappa shape index (κ3) is 4.60. The predicted molar refractivity (Wildman–Crippen MR) is 107 cm³/mol. The van der Waals surface area contributed by atoms with E-state index >= 15 is 0 Å². The van der Waals surface area contributed by atoms with Gasteiger partial charge < -0.3 is 10.4 Å². The van der Waals surface area contributed by atoms with Crippen molar-refractivity contribution in [3.63, 3.8) is 0 Å². The van der Waals surface area contributed by atoms with Crippen LogP contribution in [-0.2, 0) is 13.0 Å². The van der Waals surface area contributed by atoms with Crippen LogP contribution in [0, 0.1) is 10.1 Å². The highest BCUT2D eigenvalue weighted by Gasteiger charge is 2.30. The molecule has 8 nitrogen and oxygen atoms in total. The Morgan fingerprint density at radius 3 is 2.48 bits per heavy atom. The molecule has 3 rings (SSSR count). The SMILES string of the molecule is CC(C)(CNC(=O)c1cc(C(=O)O)cc([N+](=O)[O-])c1)N1CCc2ccccc2C1. The van der Waals surface area contributed by atoms with E-state index in [0.29, 0.717) is 6.54 Å². The van der Waals surface area contributed by atoms with E-state index in [1.54, 1.807) is 0 Å². The number of rotatable bonds is 6. The van der Waals surface area contributed by atoms with Crippen LogP contribution in [-0.4, -0.2) is 45.4 Å². The Hall–Kier alpha value is -3.26. The van der Waals surface area contributed by atoms with Crippen molar-refractivity contribution in [2.45, 2.75) is 32.4 Å². The van der Waals surface area contributed by atoms with Crippen molar-refractivity contribution in [3.05, 3.63) is 74.8 Å². The number of carbonyl (C=O) groups excluding carboxylic acids is 1. The molecule has 0 saturated carbocycles. The van der Waals surface area contributed by atoms with Gasteiger partial charge in [-0.15, -0.1) is 0 Å². The minimum absolute atomic E-state index is 0.0450. The Morgan fingerprint density at radius 1 is 1.17 bits per heavy atom. The lowest BCUT2D eigenvalue weighted by atomic mass is 9.94. The van der Waals surface area contributed by atoms with Crippen LogP contribution < -0.4 is 5.32 Å². The number of non-ortho nitro benzene ring substituents is 1. The number of nitro benzene ring substituents is 1. The van der Waals surface area contributed by atoms with Gasteiger partial charge in [-0.05, 0) is 37.5 Å².